The minimum atomic E-state index is -0.560. The maximum Gasteiger partial charge on any atom is 0.329 e. The number of aromatic nitrogens is 2. The Morgan fingerprint density at radius 3 is 2.62 bits per heavy atom. The monoisotopic (exact) mass is 296 g/mol. The number of nitrogens with one attached hydrogen (secondary N) is 1. The van der Waals surface area contributed by atoms with Crippen LogP contribution in [0.25, 0.3) is 0 Å². The number of nitrogens with zero attached hydrogens (tertiary/aromatic N) is 5. The van der Waals surface area contributed by atoms with Crippen LogP contribution in [0.4, 0.5) is 17.5 Å². The van der Waals surface area contributed by atoms with Crippen molar-refractivity contribution in [2.75, 3.05) is 44.4 Å². The van der Waals surface area contributed by atoms with Crippen LogP contribution >= 0.6 is 0 Å². The van der Waals surface area contributed by atoms with Crippen LogP contribution in [-0.2, 0) is 4.79 Å². The van der Waals surface area contributed by atoms with E-state index in [2.05, 4.69) is 15.3 Å². The minimum Gasteiger partial charge on any atom is -0.354 e. The Balaban J connectivity index is 3.04. The highest BCUT2D eigenvalue weighted by Gasteiger charge is 2.22. The molecule has 21 heavy (non-hydrogen) atoms. The van der Waals surface area contributed by atoms with E-state index in [0.717, 1.165) is 12.6 Å². The lowest BCUT2D eigenvalue weighted by atomic mass is 10.4. The van der Waals surface area contributed by atoms with E-state index in [9.17, 15) is 14.9 Å². The number of amides is 1. The fraction of sp³-hybridized carbons (Fsp3) is 0.583. The zero-order valence-electron chi connectivity index (χ0n) is 12.7. The first-order valence-corrected chi connectivity index (χ1v) is 6.53. The van der Waals surface area contributed by atoms with Crippen LogP contribution in [0.2, 0.25) is 0 Å². The second-order valence-electron chi connectivity index (χ2n) is 4.73. The van der Waals surface area contributed by atoms with Gasteiger partial charge in [0.1, 0.15) is 6.20 Å². The molecule has 0 spiro atoms. The third-order valence-corrected chi connectivity index (χ3v) is 2.71. The summed E-state index contributed by atoms with van der Waals surface area (Å²) in [6, 6.07) is 0. The average molecular weight is 296 g/mol. The fourth-order valence-corrected chi connectivity index (χ4v) is 1.52. The normalized spacial score (nSPS) is 10.1. The second kappa shape index (κ2) is 7.36. The Bertz CT molecular complexity index is 520. The molecule has 0 aliphatic rings. The van der Waals surface area contributed by atoms with Gasteiger partial charge < -0.3 is 15.1 Å². The Morgan fingerprint density at radius 2 is 2.10 bits per heavy atom. The number of rotatable bonds is 7. The van der Waals surface area contributed by atoms with Crippen LogP contribution < -0.4 is 10.2 Å². The van der Waals surface area contributed by atoms with Gasteiger partial charge in [-0.3, -0.25) is 14.9 Å². The lowest BCUT2D eigenvalue weighted by molar-refractivity contribution is -0.384. The molecule has 1 amide bonds. The van der Waals surface area contributed by atoms with Crippen molar-refractivity contribution in [3.05, 3.63) is 16.3 Å². The van der Waals surface area contributed by atoms with Gasteiger partial charge >= 0.3 is 5.69 Å². The van der Waals surface area contributed by atoms with Gasteiger partial charge in [0.15, 0.2) is 0 Å². The molecule has 0 aliphatic heterocycles. The zero-order valence-corrected chi connectivity index (χ0v) is 12.7. The second-order valence-corrected chi connectivity index (χ2v) is 4.73. The van der Waals surface area contributed by atoms with Crippen LogP contribution in [0.5, 0.6) is 0 Å². The van der Waals surface area contributed by atoms with E-state index in [1.54, 1.807) is 21.1 Å². The molecule has 1 rings (SSSR count). The molecule has 0 aliphatic carbocycles. The molecule has 9 heteroatoms. The summed E-state index contributed by atoms with van der Waals surface area (Å²) >= 11 is 0. The van der Waals surface area contributed by atoms with E-state index >= 15 is 0 Å². The number of hydrogen-bond donors (Lipinski definition) is 1. The summed E-state index contributed by atoms with van der Waals surface area (Å²) in [5.41, 5.74) is -0.230. The van der Waals surface area contributed by atoms with Gasteiger partial charge in [-0.1, -0.05) is 6.92 Å². The first kappa shape index (κ1) is 16.6. The van der Waals surface area contributed by atoms with Crippen molar-refractivity contribution in [1.29, 1.82) is 0 Å². The molecule has 116 valence electrons. The molecule has 0 atom stereocenters. The number of carbonyl (C=O) groups excluding carboxylic acids is 1. The molecular weight excluding hydrogens is 276 g/mol. The smallest absolute Gasteiger partial charge is 0.329 e. The van der Waals surface area contributed by atoms with Crippen molar-refractivity contribution in [3.63, 3.8) is 0 Å². The number of likely N-dealkylation sites (N-methyl/N-ethyl adjacent to an activating group) is 2. The Labute approximate surface area is 123 Å². The van der Waals surface area contributed by atoms with Crippen LogP contribution in [0.1, 0.15) is 13.3 Å². The highest BCUT2D eigenvalue weighted by atomic mass is 16.6. The summed E-state index contributed by atoms with van der Waals surface area (Å²) in [4.78, 5) is 33.1. The highest BCUT2D eigenvalue weighted by molar-refractivity contribution is 5.81. The highest BCUT2D eigenvalue weighted by Crippen LogP contribution is 2.25. The Kier molecular flexibility index (Phi) is 5.82. The SMILES string of the molecule is CCCNc1ncc([N+](=O)[O-])c(N(C)CC(=O)N(C)C)n1. The van der Waals surface area contributed by atoms with Gasteiger partial charge in [0.05, 0.1) is 11.5 Å². The fourth-order valence-electron chi connectivity index (χ4n) is 1.52. The molecular formula is C12H20N6O3. The number of nitro groups is 1. The van der Waals surface area contributed by atoms with Crippen molar-refractivity contribution < 1.29 is 9.72 Å². The summed E-state index contributed by atoms with van der Waals surface area (Å²) in [7, 11) is 4.83. The van der Waals surface area contributed by atoms with E-state index in [1.165, 1.54) is 9.80 Å². The summed E-state index contributed by atoms with van der Waals surface area (Å²) in [6.07, 6.45) is 2.03. The van der Waals surface area contributed by atoms with Crippen molar-refractivity contribution in [2.45, 2.75) is 13.3 Å². The van der Waals surface area contributed by atoms with Crippen LogP contribution in [-0.4, -0.2) is 59.9 Å². The largest absolute Gasteiger partial charge is 0.354 e. The first-order chi connectivity index (χ1) is 9.86. The summed E-state index contributed by atoms with van der Waals surface area (Å²) < 4.78 is 0. The molecule has 1 N–H and O–H groups in total. The van der Waals surface area contributed by atoms with E-state index in [0.29, 0.717) is 12.5 Å². The molecule has 0 fully saturated rings. The van der Waals surface area contributed by atoms with E-state index in [4.69, 9.17) is 0 Å². The Hall–Kier alpha value is -2.45. The quantitative estimate of drug-likeness (QED) is 0.584. The maximum atomic E-state index is 11.7. The van der Waals surface area contributed by atoms with Gasteiger partial charge in [-0.25, -0.2) is 4.98 Å². The summed E-state index contributed by atoms with van der Waals surface area (Å²) in [5.74, 6) is 0.249. The maximum absolute atomic E-state index is 11.7. The molecule has 0 aromatic carbocycles. The Morgan fingerprint density at radius 1 is 1.43 bits per heavy atom. The third-order valence-electron chi connectivity index (χ3n) is 2.71. The molecule has 0 bridgehead atoms. The zero-order chi connectivity index (χ0) is 16.0. The predicted octanol–water partition coefficient (Wildman–Crippen LogP) is 0.731. The molecule has 1 aromatic heterocycles. The van der Waals surface area contributed by atoms with Gasteiger partial charge in [0.25, 0.3) is 0 Å². The van der Waals surface area contributed by atoms with Gasteiger partial charge in [-0.2, -0.15) is 4.98 Å². The molecule has 0 saturated carbocycles. The summed E-state index contributed by atoms with van der Waals surface area (Å²) in [5, 5.41) is 14.0. The van der Waals surface area contributed by atoms with Crippen molar-refractivity contribution in [1.82, 2.24) is 14.9 Å². The van der Waals surface area contributed by atoms with Crippen LogP contribution in [0.15, 0.2) is 6.20 Å². The van der Waals surface area contributed by atoms with E-state index < -0.39 is 4.92 Å². The van der Waals surface area contributed by atoms with E-state index in [1.807, 2.05) is 6.92 Å². The number of carbonyl (C=O) groups is 1. The lowest BCUT2D eigenvalue weighted by Crippen LogP contribution is -2.35. The molecule has 0 unspecified atom stereocenters. The van der Waals surface area contributed by atoms with Gasteiger partial charge in [-0.15, -0.1) is 0 Å². The molecule has 0 radical (unpaired) electrons. The van der Waals surface area contributed by atoms with Crippen molar-refractivity contribution >= 4 is 23.4 Å². The van der Waals surface area contributed by atoms with Crippen molar-refractivity contribution in [3.8, 4) is 0 Å². The standard InChI is InChI=1S/C12H20N6O3/c1-5-6-13-12-14-7-9(18(20)21)11(15-12)17(4)8-10(19)16(2)3/h7H,5-6,8H2,1-4H3,(H,13,14,15). The third kappa shape index (κ3) is 4.55. The van der Waals surface area contributed by atoms with Crippen LogP contribution in [0, 0.1) is 10.1 Å². The number of hydrogen-bond acceptors (Lipinski definition) is 7. The van der Waals surface area contributed by atoms with Gasteiger partial charge in [0, 0.05) is 27.7 Å². The van der Waals surface area contributed by atoms with Crippen molar-refractivity contribution in [2.24, 2.45) is 0 Å². The first-order valence-electron chi connectivity index (χ1n) is 6.53. The average Bonchev–Trinajstić information content (AvgIpc) is 2.44. The van der Waals surface area contributed by atoms with E-state index in [-0.39, 0.29) is 24.0 Å². The molecule has 1 heterocycles. The number of anilines is 2. The predicted molar refractivity (Wildman–Crippen MR) is 79.4 cm³/mol. The van der Waals surface area contributed by atoms with Gasteiger partial charge in [-0.05, 0) is 6.42 Å². The minimum absolute atomic E-state index is 0.00191. The molecule has 1 aromatic rings. The van der Waals surface area contributed by atoms with Gasteiger partial charge in [0.2, 0.25) is 17.7 Å². The van der Waals surface area contributed by atoms with Crippen LogP contribution in [0.3, 0.4) is 0 Å². The topological polar surface area (TPSA) is 104 Å². The lowest BCUT2D eigenvalue weighted by Gasteiger charge is -2.20. The molecule has 9 nitrogen and oxygen atoms in total. The molecule has 0 saturated heterocycles. The summed E-state index contributed by atoms with van der Waals surface area (Å²) in [6.45, 7) is 2.65.